The number of nitrogens with two attached hydrogens (primary N) is 1. The molecule has 1 amide bonds. The smallest absolute Gasteiger partial charge is 0.365 e. The van der Waals surface area contributed by atoms with Gasteiger partial charge in [0.15, 0.2) is 5.69 Å². The van der Waals surface area contributed by atoms with Gasteiger partial charge in [0, 0.05) is 19.1 Å². The highest BCUT2D eigenvalue weighted by atomic mass is 79.9. The van der Waals surface area contributed by atoms with Crippen molar-refractivity contribution in [2.24, 2.45) is 17.1 Å². The number of nitrogens with one attached hydrogen (secondary N) is 1. The van der Waals surface area contributed by atoms with E-state index >= 15 is 0 Å². The number of halogens is 2. The Balaban J connectivity index is 1.54. The zero-order valence-corrected chi connectivity index (χ0v) is 23.0. The molecule has 2 unspecified atom stereocenters. The minimum Gasteiger partial charge on any atom is -0.365 e. The summed E-state index contributed by atoms with van der Waals surface area (Å²) in [5, 5.41) is 14.6. The van der Waals surface area contributed by atoms with E-state index in [4.69, 9.17) is 14.9 Å². The number of amides is 1. The van der Waals surface area contributed by atoms with Crippen molar-refractivity contribution in [2.75, 3.05) is 18.4 Å². The summed E-state index contributed by atoms with van der Waals surface area (Å²) in [4.78, 5) is 23.5. The average molecular weight is 618 g/mol. The van der Waals surface area contributed by atoms with Crippen LogP contribution in [0.3, 0.4) is 0 Å². The van der Waals surface area contributed by atoms with E-state index < -0.39 is 39.4 Å². The van der Waals surface area contributed by atoms with E-state index in [2.05, 4.69) is 40.9 Å². The SMILES string of the molecule is CC(C)(C)C1CC(CNc2nonc2-c2noc(=O)n2-c2ccc(F)c(Br)c2)CCN1S(=O)(=O)OC(N)=O. The molecule has 38 heavy (non-hydrogen) atoms. The monoisotopic (exact) mass is 617 g/mol. The molecule has 3 heterocycles. The fraction of sp³-hybridized carbons (Fsp3) is 0.476. The molecular formula is C21H25BrFN7O7S. The number of carbonyl (C=O) groups is 1. The predicted molar refractivity (Wildman–Crippen MR) is 134 cm³/mol. The molecule has 2 atom stereocenters. The molecule has 17 heteroatoms. The maximum atomic E-state index is 13.7. The van der Waals surface area contributed by atoms with Gasteiger partial charge in [0.25, 0.3) is 0 Å². The van der Waals surface area contributed by atoms with Crippen molar-refractivity contribution >= 4 is 38.1 Å². The van der Waals surface area contributed by atoms with Gasteiger partial charge in [-0.25, -0.2) is 23.2 Å². The van der Waals surface area contributed by atoms with E-state index in [1.54, 1.807) is 0 Å². The molecule has 2 aromatic heterocycles. The van der Waals surface area contributed by atoms with Crippen LogP contribution in [-0.2, 0) is 14.5 Å². The third-order valence-electron chi connectivity index (χ3n) is 6.16. The van der Waals surface area contributed by atoms with E-state index in [9.17, 15) is 22.4 Å². The van der Waals surface area contributed by atoms with Crippen molar-refractivity contribution in [3.63, 3.8) is 0 Å². The molecule has 0 saturated carbocycles. The molecule has 4 rings (SSSR count). The van der Waals surface area contributed by atoms with Gasteiger partial charge >= 0.3 is 22.2 Å². The Kier molecular flexibility index (Phi) is 7.62. The second-order valence-corrected chi connectivity index (χ2v) is 12.1. The first kappa shape index (κ1) is 27.7. The van der Waals surface area contributed by atoms with E-state index in [0.29, 0.717) is 19.4 Å². The highest BCUT2D eigenvalue weighted by Gasteiger charge is 2.43. The van der Waals surface area contributed by atoms with Gasteiger partial charge in [0.1, 0.15) is 5.82 Å². The molecule has 1 fully saturated rings. The lowest BCUT2D eigenvalue weighted by Gasteiger charge is -2.44. The van der Waals surface area contributed by atoms with Crippen molar-refractivity contribution in [2.45, 2.75) is 39.7 Å². The summed E-state index contributed by atoms with van der Waals surface area (Å²) >= 11 is 3.09. The molecule has 0 radical (unpaired) electrons. The standard InChI is InChI=1S/C21H25BrFN7O7S/c1-21(2,3)15-8-11(6-7-29(15)38(33,34)36-19(24)31)10-25-17-16(26-37-27-17)18-28-35-20(32)30(18)12-4-5-14(23)13(22)9-12/h4-5,9,11,15H,6-8,10H2,1-3H3,(H2,24,31)(H,25,27). The number of rotatable bonds is 7. The zero-order chi connectivity index (χ0) is 27.8. The second kappa shape index (κ2) is 10.5. The Morgan fingerprint density at radius 3 is 2.71 bits per heavy atom. The van der Waals surface area contributed by atoms with E-state index in [0.717, 1.165) is 8.87 Å². The number of carbonyl (C=O) groups excluding carboxylic acids is 1. The summed E-state index contributed by atoms with van der Waals surface area (Å²) in [6, 6.07) is 3.45. The first-order valence-electron chi connectivity index (χ1n) is 11.4. The second-order valence-electron chi connectivity index (χ2n) is 9.79. The molecule has 206 valence electrons. The number of piperidine rings is 1. The molecule has 1 aliphatic rings. The minimum atomic E-state index is -4.35. The fourth-order valence-corrected chi connectivity index (χ4v) is 6.06. The molecule has 0 spiro atoms. The Hall–Kier alpha value is -3.31. The summed E-state index contributed by atoms with van der Waals surface area (Å²) in [6.07, 6.45) is -0.511. The van der Waals surface area contributed by atoms with Crippen LogP contribution in [0, 0.1) is 17.2 Å². The lowest BCUT2D eigenvalue weighted by molar-refractivity contribution is 0.0962. The van der Waals surface area contributed by atoms with E-state index in [1.807, 2.05) is 20.8 Å². The maximum Gasteiger partial charge on any atom is 0.446 e. The Labute approximate surface area is 224 Å². The third kappa shape index (κ3) is 5.73. The van der Waals surface area contributed by atoms with Gasteiger partial charge in [0.05, 0.1) is 10.2 Å². The molecule has 1 aromatic carbocycles. The highest BCUT2D eigenvalue weighted by Crippen LogP contribution is 2.37. The fourth-order valence-electron chi connectivity index (χ4n) is 4.35. The van der Waals surface area contributed by atoms with Crippen LogP contribution in [0.25, 0.3) is 17.2 Å². The van der Waals surface area contributed by atoms with Crippen molar-refractivity contribution < 1.29 is 30.9 Å². The summed E-state index contributed by atoms with van der Waals surface area (Å²) in [7, 11) is -4.35. The van der Waals surface area contributed by atoms with Gasteiger partial charge in [-0.2, -0.15) is 12.7 Å². The Bertz CT molecular complexity index is 1500. The molecule has 1 aliphatic heterocycles. The number of nitrogens with zero attached hydrogens (tertiary/aromatic N) is 5. The van der Waals surface area contributed by atoms with Crippen LogP contribution in [0.4, 0.5) is 15.0 Å². The molecule has 14 nitrogen and oxygen atoms in total. The van der Waals surface area contributed by atoms with Gasteiger partial charge in [-0.05, 0) is 68.6 Å². The summed E-state index contributed by atoms with van der Waals surface area (Å²) in [6.45, 7) is 6.12. The van der Waals surface area contributed by atoms with Crippen LogP contribution in [0.5, 0.6) is 0 Å². The van der Waals surface area contributed by atoms with Crippen LogP contribution in [0.1, 0.15) is 33.6 Å². The largest absolute Gasteiger partial charge is 0.446 e. The molecule has 0 aliphatic carbocycles. The number of hydrogen-bond acceptors (Lipinski definition) is 11. The van der Waals surface area contributed by atoms with Gasteiger partial charge in [-0.1, -0.05) is 25.9 Å². The van der Waals surface area contributed by atoms with Crippen molar-refractivity contribution in [1.82, 2.24) is 24.3 Å². The predicted octanol–water partition coefficient (Wildman–Crippen LogP) is 2.66. The number of hydrogen-bond donors (Lipinski definition) is 2. The lowest BCUT2D eigenvalue weighted by Crippen LogP contribution is -2.53. The number of primary amides is 1. The summed E-state index contributed by atoms with van der Waals surface area (Å²) in [5.74, 6) is -1.20. The topological polar surface area (TPSA) is 189 Å². The van der Waals surface area contributed by atoms with Crippen molar-refractivity contribution in [3.8, 4) is 17.2 Å². The van der Waals surface area contributed by atoms with E-state index in [1.165, 1.54) is 18.2 Å². The molecule has 0 bridgehead atoms. The number of anilines is 1. The Morgan fingerprint density at radius 1 is 1.32 bits per heavy atom. The molecule has 3 aromatic rings. The van der Waals surface area contributed by atoms with Crippen LogP contribution in [0.2, 0.25) is 0 Å². The van der Waals surface area contributed by atoms with Crippen molar-refractivity contribution in [1.29, 1.82) is 0 Å². The average Bonchev–Trinajstić information content (AvgIpc) is 3.44. The summed E-state index contributed by atoms with van der Waals surface area (Å²) < 4.78 is 55.4. The van der Waals surface area contributed by atoms with Crippen LogP contribution >= 0.6 is 15.9 Å². The minimum absolute atomic E-state index is 0.0173. The van der Waals surface area contributed by atoms with E-state index in [-0.39, 0.29) is 40.0 Å². The lowest BCUT2D eigenvalue weighted by atomic mass is 9.78. The highest BCUT2D eigenvalue weighted by molar-refractivity contribution is 9.10. The van der Waals surface area contributed by atoms with Crippen LogP contribution in [0.15, 0.2) is 36.6 Å². The molecular weight excluding hydrogens is 593 g/mol. The Morgan fingerprint density at radius 2 is 2.05 bits per heavy atom. The first-order valence-corrected chi connectivity index (χ1v) is 13.6. The quantitative estimate of drug-likeness (QED) is 0.396. The van der Waals surface area contributed by atoms with Gasteiger partial charge in [-0.15, -0.1) is 0 Å². The van der Waals surface area contributed by atoms with Gasteiger partial charge < -0.3 is 15.2 Å². The molecule has 3 N–H and O–H groups in total. The first-order chi connectivity index (χ1) is 17.8. The maximum absolute atomic E-state index is 13.7. The van der Waals surface area contributed by atoms with Crippen molar-refractivity contribution in [3.05, 3.63) is 39.0 Å². The zero-order valence-electron chi connectivity index (χ0n) is 20.6. The van der Waals surface area contributed by atoms with Crippen LogP contribution < -0.4 is 16.8 Å². The molecule has 1 saturated heterocycles. The van der Waals surface area contributed by atoms with Gasteiger partial charge in [-0.3, -0.25) is 4.52 Å². The van der Waals surface area contributed by atoms with Gasteiger partial charge in [0.2, 0.25) is 11.6 Å². The summed E-state index contributed by atoms with van der Waals surface area (Å²) in [5.41, 5.74) is 4.82. The number of benzene rings is 1. The number of aromatic nitrogens is 4. The van der Waals surface area contributed by atoms with Crippen LogP contribution in [-0.4, -0.2) is 58.0 Å². The normalized spacial score (nSPS) is 18.9. The third-order valence-corrected chi connectivity index (χ3v) is 8.15.